The molecule has 2 unspecified atom stereocenters. The van der Waals surface area contributed by atoms with Crippen LogP contribution in [-0.2, 0) is 0 Å². The number of nitrogens with zero attached hydrogens (tertiary/aromatic N) is 1. The SMILES string of the molecule is CC(CCC(C)Oc1ccc(C(C)C)cn1)COc1cc(C(C)C)ccc1Cl. The van der Waals surface area contributed by atoms with E-state index in [9.17, 15) is 0 Å². The highest BCUT2D eigenvalue weighted by Crippen LogP contribution is 2.29. The maximum absolute atomic E-state index is 6.28. The van der Waals surface area contributed by atoms with Crippen molar-refractivity contribution in [3.05, 3.63) is 52.7 Å². The maximum Gasteiger partial charge on any atom is 0.213 e. The first-order valence-corrected chi connectivity index (χ1v) is 10.7. The van der Waals surface area contributed by atoms with E-state index in [0.29, 0.717) is 35.3 Å². The first kappa shape index (κ1) is 22.5. The maximum atomic E-state index is 6.28. The highest BCUT2D eigenvalue weighted by atomic mass is 35.5. The Hall–Kier alpha value is -1.74. The quantitative estimate of drug-likeness (QED) is 0.418. The van der Waals surface area contributed by atoms with E-state index >= 15 is 0 Å². The van der Waals surface area contributed by atoms with Crippen molar-refractivity contribution < 1.29 is 9.47 Å². The molecule has 2 atom stereocenters. The van der Waals surface area contributed by atoms with Crippen LogP contribution in [0.25, 0.3) is 0 Å². The number of halogens is 1. The van der Waals surface area contributed by atoms with Crippen LogP contribution in [0.1, 0.15) is 77.3 Å². The van der Waals surface area contributed by atoms with Gasteiger partial charge in [0.05, 0.1) is 17.7 Å². The summed E-state index contributed by atoms with van der Waals surface area (Å²) in [6.45, 7) is 13.6. The van der Waals surface area contributed by atoms with Crippen molar-refractivity contribution in [1.29, 1.82) is 0 Å². The third-order valence-corrected chi connectivity index (χ3v) is 5.27. The fraction of sp³-hybridized carbons (Fsp3) is 0.542. The average Bonchev–Trinajstić information content (AvgIpc) is 2.66. The molecule has 0 N–H and O–H groups in total. The highest BCUT2D eigenvalue weighted by Gasteiger charge is 2.12. The van der Waals surface area contributed by atoms with Crippen LogP contribution in [0.3, 0.4) is 0 Å². The third kappa shape index (κ3) is 7.01. The van der Waals surface area contributed by atoms with Gasteiger partial charge in [0.2, 0.25) is 5.88 Å². The van der Waals surface area contributed by atoms with Gasteiger partial charge in [-0.2, -0.15) is 0 Å². The molecule has 0 bridgehead atoms. The average molecular weight is 404 g/mol. The van der Waals surface area contributed by atoms with Crippen LogP contribution < -0.4 is 9.47 Å². The molecule has 4 heteroatoms. The lowest BCUT2D eigenvalue weighted by Gasteiger charge is -2.18. The first-order valence-electron chi connectivity index (χ1n) is 10.3. The van der Waals surface area contributed by atoms with Crippen molar-refractivity contribution >= 4 is 11.6 Å². The van der Waals surface area contributed by atoms with E-state index in [0.717, 1.165) is 18.6 Å². The Morgan fingerprint density at radius 2 is 1.57 bits per heavy atom. The molecule has 0 aliphatic carbocycles. The van der Waals surface area contributed by atoms with E-state index < -0.39 is 0 Å². The van der Waals surface area contributed by atoms with E-state index in [1.54, 1.807) is 0 Å². The lowest BCUT2D eigenvalue weighted by atomic mass is 10.0. The fourth-order valence-corrected chi connectivity index (χ4v) is 3.06. The Kier molecular flexibility index (Phi) is 8.62. The molecular weight excluding hydrogens is 370 g/mol. The summed E-state index contributed by atoms with van der Waals surface area (Å²) in [5, 5.41) is 0.671. The smallest absolute Gasteiger partial charge is 0.213 e. The predicted octanol–water partition coefficient (Wildman–Crippen LogP) is 7.24. The van der Waals surface area contributed by atoms with E-state index in [-0.39, 0.29) is 6.10 Å². The molecule has 0 saturated carbocycles. The van der Waals surface area contributed by atoms with E-state index in [2.05, 4.69) is 64.7 Å². The van der Waals surface area contributed by atoms with Crippen LogP contribution in [0.15, 0.2) is 36.5 Å². The largest absolute Gasteiger partial charge is 0.492 e. The molecule has 0 amide bonds. The summed E-state index contributed by atoms with van der Waals surface area (Å²) in [6.07, 6.45) is 4.00. The summed E-state index contributed by atoms with van der Waals surface area (Å²) < 4.78 is 11.9. The van der Waals surface area contributed by atoms with Crippen LogP contribution in [0, 0.1) is 5.92 Å². The minimum Gasteiger partial charge on any atom is -0.492 e. The molecule has 0 saturated heterocycles. The second kappa shape index (κ2) is 10.7. The number of rotatable bonds is 10. The zero-order valence-corrected chi connectivity index (χ0v) is 18.8. The molecule has 2 rings (SSSR count). The standard InChI is InChI=1S/C24H34ClNO2/c1-16(2)20-9-11-22(25)23(13-20)27-15-18(5)7-8-19(6)28-24-12-10-21(14-26-24)17(3)4/h9-14,16-19H,7-8,15H2,1-6H3. The van der Waals surface area contributed by atoms with Crippen LogP contribution in [-0.4, -0.2) is 17.7 Å². The van der Waals surface area contributed by atoms with Crippen molar-refractivity contribution in [3.8, 4) is 11.6 Å². The summed E-state index contributed by atoms with van der Waals surface area (Å²) in [5.74, 6) is 2.82. The molecular formula is C24H34ClNO2. The monoisotopic (exact) mass is 403 g/mol. The molecule has 1 aromatic heterocycles. The van der Waals surface area contributed by atoms with Gasteiger partial charge in [0.15, 0.2) is 0 Å². The van der Waals surface area contributed by atoms with Crippen LogP contribution >= 0.6 is 11.6 Å². The van der Waals surface area contributed by atoms with Crippen LogP contribution in [0.2, 0.25) is 5.02 Å². The van der Waals surface area contributed by atoms with Crippen molar-refractivity contribution in [2.75, 3.05) is 6.61 Å². The summed E-state index contributed by atoms with van der Waals surface area (Å²) in [5.41, 5.74) is 2.47. The first-order chi connectivity index (χ1) is 13.3. The van der Waals surface area contributed by atoms with Crippen molar-refractivity contribution in [1.82, 2.24) is 4.98 Å². The summed E-state index contributed by atoms with van der Waals surface area (Å²) in [7, 11) is 0. The fourth-order valence-electron chi connectivity index (χ4n) is 2.89. The molecule has 1 heterocycles. The second-order valence-electron chi connectivity index (χ2n) is 8.35. The highest BCUT2D eigenvalue weighted by molar-refractivity contribution is 6.32. The number of aromatic nitrogens is 1. The summed E-state index contributed by atoms with van der Waals surface area (Å²) in [6, 6.07) is 10.1. The van der Waals surface area contributed by atoms with Gasteiger partial charge in [-0.1, -0.05) is 58.4 Å². The Morgan fingerprint density at radius 1 is 0.893 bits per heavy atom. The molecule has 2 aromatic rings. The normalized spacial score (nSPS) is 13.6. The molecule has 0 spiro atoms. The van der Waals surface area contributed by atoms with Gasteiger partial charge in [0.1, 0.15) is 5.75 Å². The number of ether oxygens (including phenoxy) is 2. The number of hydrogen-bond donors (Lipinski definition) is 0. The zero-order valence-electron chi connectivity index (χ0n) is 18.0. The van der Waals surface area contributed by atoms with E-state index in [1.165, 1.54) is 11.1 Å². The van der Waals surface area contributed by atoms with Crippen molar-refractivity contribution in [3.63, 3.8) is 0 Å². The third-order valence-electron chi connectivity index (χ3n) is 4.96. The van der Waals surface area contributed by atoms with Gasteiger partial charge < -0.3 is 9.47 Å². The molecule has 28 heavy (non-hydrogen) atoms. The minimum absolute atomic E-state index is 0.118. The van der Waals surface area contributed by atoms with Crippen molar-refractivity contribution in [2.24, 2.45) is 5.92 Å². The topological polar surface area (TPSA) is 31.4 Å². The molecule has 0 aliphatic heterocycles. The molecule has 154 valence electrons. The lowest BCUT2D eigenvalue weighted by Crippen LogP contribution is -2.16. The van der Waals surface area contributed by atoms with Gasteiger partial charge in [-0.05, 0) is 60.8 Å². The molecule has 0 fully saturated rings. The van der Waals surface area contributed by atoms with Gasteiger partial charge in [-0.25, -0.2) is 4.98 Å². The number of benzene rings is 1. The zero-order chi connectivity index (χ0) is 20.7. The Balaban J connectivity index is 1.77. The molecule has 3 nitrogen and oxygen atoms in total. The van der Waals surface area contributed by atoms with Crippen molar-refractivity contribution in [2.45, 2.75) is 72.3 Å². The molecule has 0 aliphatic rings. The van der Waals surface area contributed by atoms with Gasteiger partial charge in [-0.15, -0.1) is 0 Å². The van der Waals surface area contributed by atoms with Gasteiger partial charge in [0.25, 0.3) is 0 Å². The summed E-state index contributed by atoms with van der Waals surface area (Å²) >= 11 is 6.28. The van der Waals surface area contributed by atoms with Gasteiger partial charge >= 0.3 is 0 Å². The van der Waals surface area contributed by atoms with Gasteiger partial charge in [-0.3, -0.25) is 0 Å². The Bertz CT molecular complexity index is 728. The Labute approximate surface area is 175 Å². The van der Waals surface area contributed by atoms with Gasteiger partial charge in [0, 0.05) is 12.3 Å². The minimum atomic E-state index is 0.118. The number of pyridine rings is 1. The Morgan fingerprint density at radius 3 is 2.18 bits per heavy atom. The van der Waals surface area contributed by atoms with E-state index in [1.807, 2.05) is 18.3 Å². The summed E-state index contributed by atoms with van der Waals surface area (Å²) in [4.78, 5) is 4.41. The van der Waals surface area contributed by atoms with Crippen LogP contribution in [0.5, 0.6) is 11.6 Å². The van der Waals surface area contributed by atoms with Crippen LogP contribution in [0.4, 0.5) is 0 Å². The molecule has 1 aromatic carbocycles. The molecule has 0 radical (unpaired) electrons. The number of hydrogen-bond acceptors (Lipinski definition) is 3. The predicted molar refractivity (Wildman–Crippen MR) is 118 cm³/mol. The lowest BCUT2D eigenvalue weighted by molar-refractivity contribution is 0.179. The second-order valence-corrected chi connectivity index (χ2v) is 8.76. The van der Waals surface area contributed by atoms with E-state index in [4.69, 9.17) is 21.1 Å².